The summed E-state index contributed by atoms with van der Waals surface area (Å²) in [4.78, 5) is 4.11. The van der Waals surface area contributed by atoms with Crippen molar-refractivity contribution in [2.75, 3.05) is 6.61 Å². The van der Waals surface area contributed by atoms with Gasteiger partial charge in [0.2, 0.25) is 5.88 Å². The molecule has 0 saturated carbocycles. The molecule has 0 bridgehead atoms. The second kappa shape index (κ2) is 5.49. The third kappa shape index (κ3) is 3.22. The first kappa shape index (κ1) is 12.5. The third-order valence-electron chi connectivity index (χ3n) is 2.33. The van der Waals surface area contributed by atoms with Crippen molar-refractivity contribution in [3.63, 3.8) is 0 Å². The van der Waals surface area contributed by atoms with E-state index in [1.165, 1.54) is 0 Å². The number of hydrogen-bond donors (Lipinski definition) is 2. The number of ether oxygens (including phenoxy) is 1. The third-order valence-corrected chi connectivity index (χ3v) is 2.33. The van der Waals surface area contributed by atoms with E-state index in [1.54, 1.807) is 6.20 Å². The van der Waals surface area contributed by atoms with Gasteiger partial charge in [-0.3, -0.25) is 5.41 Å². The van der Waals surface area contributed by atoms with E-state index in [9.17, 15) is 0 Å². The van der Waals surface area contributed by atoms with Gasteiger partial charge >= 0.3 is 0 Å². The fraction of sp³-hybridized carbons (Fsp3) is 0.500. The van der Waals surface area contributed by atoms with Gasteiger partial charge in [0.1, 0.15) is 5.84 Å². The fourth-order valence-electron chi connectivity index (χ4n) is 1.36. The molecule has 0 aromatic carbocycles. The molecule has 0 fully saturated rings. The minimum Gasteiger partial charge on any atom is -0.477 e. The molecule has 0 aliphatic rings. The van der Waals surface area contributed by atoms with E-state index in [0.717, 1.165) is 12.0 Å². The second-order valence-electron chi connectivity index (χ2n) is 4.25. The van der Waals surface area contributed by atoms with Crippen molar-refractivity contribution in [3.8, 4) is 5.88 Å². The molecule has 1 aromatic rings. The minimum atomic E-state index is 0.00477. The normalized spacial score (nSPS) is 10.5. The number of nitrogen functional groups attached to an aromatic ring is 1. The number of nitrogens with two attached hydrogens (primary N) is 1. The summed E-state index contributed by atoms with van der Waals surface area (Å²) in [5.41, 5.74) is 7.03. The van der Waals surface area contributed by atoms with Crippen molar-refractivity contribution >= 4 is 5.84 Å². The van der Waals surface area contributed by atoms with Crippen LogP contribution in [0.1, 0.15) is 31.4 Å². The van der Waals surface area contributed by atoms with Crippen LogP contribution in [0.25, 0.3) is 0 Å². The summed E-state index contributed by atoms with van der Waals surface area (Å²) in [5.74, 6) is 1.06. The number of nitrogens with one attached hydrogen (secondary N) is 1. The quantitative estimate of drug-likeness (QED) is 0.590. The molecule has 0 spiro atoms. The number of amidine groups is 1. The molecular formula is C12H19N3O. The van der Waals surface area contributed by atoms with E-state index in [2.05, 4.69) is 18.8 Å². The van der Waals surface area contributed by atoms with E-state index in [1.807, 2.05) is 13.0 Å². The predicted octanol–water partition coefficient (Wildman–Crippen LogP) is 2.10. The number of nitrogens with zero attached hydrogens (tertiary/aromatic N) is 1. The van der Waals surface area contributed by atoms with Gasteiger partial charge in [-0.05, 0) is 30.9 Å². The van der Waals surface area contributed by atoms with Crippen LogP contribution in [-0.4, -0.2) is 17.4 Å². The first-order chi connectivity index (χ1) is 7.52. The zero-order chi connectivity index (χ0) is 12.1. The molecule has 1 rings (SSSR count). The van der Waals surface area contributed by atoms with Crippen LogP contribution < -0.4 is 10.5 Å². The van der Waals surface area contributed by atoms with Crippen molar-refractivity contribution in [1.82, 2.24) is 4.98 Å². The molecule has 0 aliphatic carbocycles. The molecular weight excluding hydrogens is 202 g/mol. The summed E-state index contributed by atoms with van der Waals surface area (Å²) in [6, 6.07) is 1.83. The first-order valence-electron chi connectivity index (χ1n) is 5.45. The van der Waals surface area contributed by atoms with Gasteiger partial charge in [0, 0.05) is 6.20 Å². The van der Waals surface area contributed by atoms with Crippen molar-refractivity contribution < 1.29 is 4.74 Å². The maximum absolute atomic E-state index is 7.49. The van der Waals surface area contributed by atoms with Gasteiger partial charge in [-0.1, -0.05) is 13.8 Å². The van der Waals surface area contributed by atoms with Gasteiger partial charge in [-0.15, -0.1) is 0 Å². The van der Waals surface area contributed by atoms with Crippen LogP contribution in [0.4, 0.5) is 0 Å². The molecule has 0 unspecified atom stereocenters. The van der Waals surface area contributed by atoms with E-state index in [-0.39, 0.29) is 5.84 Å². The highest BCUT2D eigenvalue weighted by Crippen LogP contribution is 2.18. The van der Waals surface area contributed by atoms with Crippen LogP contribution >= 0.6 is 0 Å². The molecule has 0 atom stereocenters. The maximum atomic E-state index is 7.49. The number of pyridine rings is 1. The molecule has 16 heavy (non-hydrogen) atoms. The Hall–Kier alpha value is -1.58. The Morgan fingerprint density at radius 1 is 1.56 bits per heavy atom. The lowest BCUT2D eigenvalue weighted by molar-refractivity contribution is 0.278. The van der Waals surface area contributed by atoms with Gasteiger partial charge in [-0.25, -0.2) is 4.98 Å². The highest BCUT2D eigenvalue weighted by Gasteiger charge is 2.11. The average molecular weight is 221 g/mol. The molecule has 88 valence electrons. The number of hydrogen-bond acceptors (Lipinski definition) is 3. The monoisotopic (exact) mass is 221 g/mol. The Balaban J connectivity index is 2.79. The van der Waals surface area contributed by atoms with Gasteiger partial charge in [-0.2, -0.15) is 0 Å². The molecule has 0 amide bonds. The van der Waals surface area contributed by atoms with Crippen LogP contribution in [0, 0.1) is 18.3 Å². The average Bonchev–Trinajstić information content (AvgIpc) is 2.16. The van der Waals surface area contributed by atoms with Crippen molar-refractivity contribution in [2.24, 2.45) is 11.7 Å². The van der Waals surface area contributed by atoms with E-state index in [4.69, 9.17) is 15.9 Å². The minimum absolute atomic E-state index is 0.00477. The first-order valence-corrected chi connectivity index (χ1v) is 5.45. The highest BCUT2D eigenvalue weighted by molar-refractivity contribution is 5.98. The molecule has 3 N–H and O–H groups in total. The lowest BCUT2D eigenvalue weighted by Crippen LogP contribution is -2.16. The smallest absolute Gasteiger partial charge is 0.224 e. The summed E-state index contributed by atoms with van der Waals surface area (Å²) >= 11 is 0. The fourth-order valence-corrected chi connectivity index (χ4v) is 1.36. The van der Waals surface area contributed by atoms with Crippen LogP contribution in [0.2, 0.25) is 0 Å². The number of aryl methyl sites for hydroxylation is 1. The Bertz CT molecular complexity index is 375. The van der Waals surface area contributed by atoms with Crippen LogP contribution in [-0.2, 0) is 0 Å². The van der Waals surface area contributed by atoms with Crippen LogP contribution in [0.5, 0.6) is 5.88 Å². The Morgan fingerprint density at radius 2 is 2.25 bits per heavy atom. The van der Waals surface area contributed by atoms with Gasteiger partial charge in [0.15, 0.2) is 0 Å². The zero-order valence-electron chi connectivity index (χ0n) is 10.1. The Kier molecular flexibility index (Phi) is 4.28. The molecule has 4 heteroatoms. The largest absolute Gasteiger partial charge is 0.477 e. The predicted molar refractivity (Wildman–Crippen MR) is 64.9 cm³/mol. The molecule has 0 radical (unpaired) electrons. The highest BCUT2D eigenvalue weighted by atomic mass is 16.5. The summed E-state index contributed by atoms with van der Waals surface area (Å²) < 4.78 is 5.56. The van der Waals surface area contributed by atoms with E-state index >= 15 is 0 Å². The van der Waals surface area contributed by atoms with Gasteiger partial charge in [0.25, 0.3) is 0 Å². The SMILES string of the molecule is Cc1ccnc(OCCC(C)C)c1C(=N)N. The molecule has 4 nitrogen and oxygen atoms in total. The standard InChI is InChI=1S/C12H19N3O/c1-8(2)5-7-16-12-10(11(13)14)9(3)4-6-15-12/h4,6,8H,5,7H2,1-3H3,(H3,13,14). The van der Waals surface area contributed by atoms with Crippen LogP contribution in [0.15, 0.2) is 12.3 Å². The topological polar surface area (TPSA) is 72.0 Å². The van der Waals surface area contributed by atoms with E-state index < -0.39 is 0 Å². The van der Waals surface area contributed by atoms with Gasteiger partial charge < -0.3 is 10.5 Å². The van der Waals surface area contributed by atoms with Crippen molar-refractivity contribution in [1.29, 1.82) is 5.41 Å². The summed E-state index contributed by atoms with van der Waals surface area (Å²) in [6.45, 7) is 6.78. The van der Waals surface area contributed by atoms with Crippen molar-refractivity contribution in [2.45, 2.75) is 27.2 Å². The second-order valence-corrected chi connectivity index (χ2v) is 4.25. The molecule has 1 heterocycles. The molecule has 0 aliphatic heterocycles. The molecule has 1 aromatic heterocycles. The lowest BCUT2D eigenvalue weighted by Gasteiger charge is -2.12. The van der Waals surface area contributed by atoms with Crippen LogP contribution in [0.3, 0.4) is 0 Å². The Labute approximate surface area is 96.3 Å². The Morgan fingerprint density at radius 3 is 2.81 bits per heavy atom. The molecule has 0 saturated heterocycles. The van der Waals surface area contributed by atoms with E-state index in [0.29, 0.717) is 24.0 Å². The van der Waals surface area contributed by atoms with Gasteiger partial charge in [0.05, 0.1) is 12.2 Å². The summed E-state index contributed by atoms with van der Waals surface area (Å²) in [7, 11) is 0. The van der Waals surface area contributed by atoms with Crippen molar-refractivity contribution in [3.05, 3.63) is 23.4 Å². The number of aromatic nitrogens is 1. The number of rotatable bonds is 5. The lowest BCUT2D eigenvalue weighted by atomic mass is 10.1. The zero-order valence-corrected chi connectivity index (χ0v) is 10.1. The summed E-state index contributed by atoms with van der Waals surface area (Å²) in [5, 5.41) is 7.49. The maximum Gasteiger partial charge on any atom is 0.224 e. The summed E-state index contributed by atoms with van der Waals surface area (Å²) in [6.07, 6.45) is 2.64.